The zero-order valence-corrected chi connectivity index (χ0v) is 17.8. The lowest BCUT2D eigenvalue weighted by Gasteiger charge is -2.40. The molecule has 2 aliphatic carbocycles. The Bertz CT molecular complexity index is 857. The van der Waals surface area contributed by atoms with E-state index < -0.39 is 15.4 Å². The van der Waals surface area contributed by atoms with Crippen LogP contribution in [0.2, 0.25) is 0 Å². The number of carbonyl (C=O) groups is 1. The number of fused-ring (bicyclic) bond motifs is 2. The third-order valence-corrected chi connectivity index (χ3v) is 9.65. The molecule has 1 heterocycles. The molecule has 154 valence electrons. The molecule has 0 aromatic heterocycles. The molecule has 6 nitrogen and oxygen atoms in total. The lowest BCUT2D eigenvalue weighted by molar-refractivity contribution is -0.128. The average molecular weight is 407 g/mol. The summed E-state index contributed by atoms with van der Waals surface area (Å²) in [5, 5.41) is 0. The first-order chi connectivity index (χ1) is 13.2. The topological polar surface area (TPSA) is 66.9 Å². The molecule has 0 N–H and O–H groups in total. The van der Waals surface area contributed by atoms with Gasteiger partial charge in [0.1, 0.15) is 11.5 Å². The number of carbonyl (C=O) groups excluding carboxylic acids is 1. The third kappa shape index (κ3) is 2.94. The number of benzene rings is 1. The molecule has 2 bridgehead atoms. The predicted octanol–water partition coefficient (Wildman–Crippen LogP) is 2.54. The van der Waals surface area contributed by atoms with Gasteiger partial charge in [-0.1, -0.05) is 13.8 Å². The largest absolute Gasteiger partial charge is 0.497 e. The van der Waals surface area contributed by atoms with E-state index in [0.29, 0.717) is 44.9 Å². The van der Waals surface area contributed by atoms with E-state index in [1.165, 1.54) is 0 Å². The van der Waals surface area contributed by atoms with Crippen LogP contribution in [0.5, 0.6) is 5.75 Å². The lowest BCUT2D eigenvalue weighted by Crippen LogP contribution is -2.52. The van der Waals surface area contributed by atoms with Crippen LogP contribution in [0.1, 0.15) is 33.1 Å². The smallest absolute Gasteiger partial charge is 0.215 e. The third-order valence-electron chi connectivity index (χ3n) is 7.64. The Labute approximate surface area is 167 Å². The van der Waals surface area contributed by atoms with Gasteiger partial charge in [-0.15, -0.1) is 0 Å². The van der Waals surface area contributed by atoms with Crippen molar-refractivity contribution >= 4 is 21.5 Å². The SMILES string of the molecule is COc1ccc(N2CCN(S(=O)(=O)C[C@@]34CC[C@H](CC3=O)C4(C)C)CC2)cc1. The number of hydrogen-bond acceptors (Lipinski definition) is 5. The van der Waals surface area contributed by atoms with E-state index >= 15 is 0 Å². The summed E-state index contributed by atoms with van der Waals surface area (Å²) in [7, 11) is -1.83. The van der Waals surface area contributed by atoms with Gasteiger partial charge in [-0.25, -0.2) is 8.42 Å². The molecule has 4 rings (SSSR count). The molecule has 28 heavy (non-hydrogen) atoms. The maximum absolute atomic E-state index is 13.2. The van der Waals surface area contributed by atoms with Gasteiger partial charge in [-0.2, -0.15) is 4.31 Å². The summed E-state index contributed by atoms with van der Waals surface area (Å²) in [6.07, 6.45) is 2.24. The van der Waals surface area contributed by atoms with Crippen LogP contribution in [0, 0.1) is 16.7 Å². The summed E-state index contributed by atoms with van der Waals surface area (Å²) < 4.78 is 33.2. The van der Waals surface area contributed by atoms with Gasteiger partial charge >= 0.3 is 0 Å². The number of rotatable bonds is 5. The standard InChI is InChI=1S/C21H30N2O4S/c1-20(2)16-8-9-21(20,19(24)14-16)15-28(25,26)23-12-10-22(11-13-23)17-4-6-18(27-3)7-5-17/h4-7,16H,8-15H2,1-3H3/t16-,21+/m1/s1. The zero-order valence-electron chi connectivity index (χ0n) is 17.0. The quantitative estimate of drug-likeness (QED) is 0.752. The molecule has 3 aliphatic rings. The fourth-order valence-corrected chi connectivity index (χ4v) is 7.73. The maximum Gasteiger partial charge on any atom is 0.215 e. The van der Waals surface area contributed by atoms with Gasteiger partial charge in [0, 0.05) is 43.7 Å². The van der Waals surface area contributed by atoms with Crippen LogP contribution >= 0.6 is 0 Å². The van der Waals surface area contributed by atoms with Crippen molar-refractivity contribution < 1.29 is 17.9 Å². The van der Waals surface area contributed by atoms with Crippen LogP contribution < -0.4 is 9.64 Å². The second-order valence-electron chi connectivity index (χ2n) is 9.01. The molecule has 7 heteroatoms. The van der Waals surface area contributed by atoms with Crippen molar-refractivity contribution in [3.05, 3.63) is 24.3 Å². The van der Waals surface area contributed by atoms with Gasteiger partial charge in [0.05, 0.1) is 12.9 Å². The summed E-state index contributed by atoms with van der Waals surface area (Å²) in [5.74, 6) is 1.28. The molecule has 0 amide bonds. The van der Waals surface area contributed by atoms with Gasteiger partial charge in [0.25, 0.3) is 0 Å². The van der Waals surface area contributed by atoms with E-state index in [2.05, 4.69) is 18.7 Å². The Morgan fingerprint density at radius 2 is 1.75 bits per heavy atom. The normalized spacial score (nSPS) is 30.0. The second kappa shape index (κ2) is 6.73. The Morgan fingerprint density at radius 1 is 1.11 bits per heavy atom. The number of nitrogens with zero attached hydrogens (tertiary/aromatic N) is 2. The number of Topliss-reactive ketones (excluding diaryl/α,β-unsaturated/α-hetero) is 1. The van der Waals surface area contributed by atoms with Crippen molar-refractivity contribution in [2.24, 2.45) is 16.7 Å². The first-order valence-corrected chi connectivity index (χ1v) is 11.7. The monoisotopic (exact) mass is 406 g/mol. The molecule has 1 aromatic carbocycles. The first-order valence-electron chi connectivity index (χ1n) is 10.1. The predicted molar refractivity (Wildman–Crippen MR) is 109 cm³/mol. The van der Waals surface area contributed by atoms with Gasteiger partial charge in [-0.05, 0) is 48.4 Å². The molecule has 0 unspecified atom stereocenters. The number of sulfonamides is 1. The molecule has 0 radical (unpaired) electrons. The van der Waals surface area contributed by atoms with E-state index in [0.717, 1.165) is 17.9 Å². The minimum Gasteiger partial charge on any atom is -0.497 e. The highest BCUT2D eigenvalue weighted by Crippen LogP contribution is 2.64. The molecular formula is C21H30N2O4S. The van der Waals surface area contributed by atoms with Gasteiger partial charge in [0.2, 0.25) is 10.0 Å². The van der Waals surface area contributed by atoms with Gasteiger partial charge < -0.3 is 9.64 Å². The Morgan fingerprint density at radius 3 is 2.25 bits per heavy atom. The first kappa shape index (κ1) is 19.7. The van der Waals surface area contributed by atoms with Crippen LogP contribution in [0.3, 0.4) is 0 Å². The molecule has 2 atom stereocenters. The Kier molecular flexibility index (Phi) is 4.74. The molecule has 1 aromatic rings. The van der Waals surface area contributed by atoms with Crippen molar-refractivity contribution in [2.75, 3.05) is 43.9 Å². The fourth-order valence-electron chi connectivity index (χ4n) is 5.53. The van der Waals surface area contributed by atoms with Crippen molar-refractivity contribution in [3.8, 4) is 5.75 Å². The number of methoxy groups -OCH3 is 1. The minimum absolute atomic E-state index is 0.0229. The van der Waals surface area contributed by atoms with Crippen molar-refractivity contribution in [1.82, 2.24) is 4.31 Å². The van der Waals surface area contributed by atoms with Crippen LogP contribution in [-0.2, 0) is 14.8 Å². The van der Waals surface area contributed by atoms with Crippen molar-refractivity contribution in [1.29, 1.82) is 0 Å². The zero-order chi connectivity index (χ0) is 20.2. The number of ether oxygens (including phenoxy) is 1. The molecule has 1 aliphatic heterocycles. The van der Waals surface area contributed by atoms with Gasteiger partial charge in [-0.3, -0.25) is 4.79 Å². The number of anilines is 1. The number of hydrogen-bond donors (Lipinski definition) is 0. The summed E-state index contributed by atoms with van der Waals surface area (Å²) >= 11 is 0. The Hall–Kier alpha value is -1.60. The highest BCUT2D eigenvalue weighted by atomic mass is 32.2. The Balaban J connectivity index is 1.44. The number of ketones is 1. The molecule has 2 saturated carbocycles. The molecule has 1 saturated heterocycles. The maximum atomic E-state index is 13.2. The molecular weight excluding hydrogens is 376 g/mol. The van der Waals surface area contributed by atoms with E-state index in [4.69, 9.17) is 4.74 Å². The average Bonchev–Trinajstić information content (AvgIpc) is 3.02. The van der Waals surface area contributed by atoms with E-state index in [9.17, 15) is 13.2 Å². The van der Waals surface area contributed by atoms with E-state index in [1.54, 1.807) is 11.4 Å². The van der Waals surface area contributed by atoms with Crippen LogP contribution in [0.4, 0.5) is 5.69 Å². The van der Waals surface area contributed by atoms with Gasteiger partial charge in [0.15, 0.2) is 0 Å². The highest BCUT2D eigenvalue weighted by Gasteiger charge is 2.65. The van der Waals surface area contributed by atoms with Crippen LogP contribution in [-0.4, -0.2) is 57.5 Å². The van der Waals surface area contributed by atoms with Crippen LogP contribution in [0.25, 0.3) is 0 Å². The highest BCUT2D eigenvalue weighted by molar-refractivity contribution is 7.89. The lowest BCUT2D eigenvalue weighted by atomic mass is 9.70. The van der Waals surface area contributed by atoms with E-state index in [1.807, 2.05) is 24.3 Å². The summed E-state index contributed by atoms with van der Waals surface area (Å²) in [6, 6.07) is 7.84. The van der Waals surface area contributed by atoms with E-state index in [-0.39, 0.29) is 17.0 Å². The second-order valence-corrected chi connectivity index (χ2v) is 11.0. The molecule has 0 spiro atoms. The fraction of sp³-hybridized carbons (Fsp3) is 0.667. The van der Waals surface area contributed by atoms with Crippen molar-refractivity contribution in [2.45, 2.75) is 33.1 Å². The summed E-state index contributed by atoms with van der Waals surface area (Å²) in [4.78, 5) is 14.9. The van der Waals surface area contributed by atoms with Crippen molar-refractivity contribution in [3.63, 3.8) is 0 Å². The summed E-state index contributed by atoms with van der Waals surface area (Å²) in [5.41, 5.74) is 0.160. The van der Waals surface area contributed by atoms with Crippen LogP contribution in [0.15, 0.2) is 24.3 Å². The number of piperazine rings is 1. The minimum atomic E-state index is -3.47. The molecule has 3 fully saturated rings. The summed E-state index contributed by atoms with van der Waals surface area (Å²) in [6.45, 7) is 6.40.